The van der Waals surface area contributed by atoms with Crippen LogP contribution in [0.4, 0.5) is 9.59 Å². The van der Waals surface area contributed by atoms with Crippen LogP contribution < -0.4 is 53.6 Å². The molecule has 0 aliphatic heterocycles. The van der Waals surface area contributed by atoms with Gasteiger partial charge in [-0.15, -0.1) is 0 Å². The molecule has 0 spiro atoms. The van der Waals surface area contributed by atoms with Crippen molar-refractivity contribution in [1.29, 1.82) is 0 Å². The fourth-order valence-electron chi connectivity index (χ4n) is 19.1. The number of nitrogens with one attached hydrogen (secondary N) is 9. The van der Waals surface area contributed by atoms with E-state index in [2.05, 4.69) is 47.9 Å². The molecule has 6 aliphatic carbocycles. The Hall–Kier alpha value is -9.24. The average Bonchev–Trinajstić information content (AvgIpc) is 1.57. The quantitative estimate of drug-likeness (QED) is 0.0191. The highest BCUT2D eigenvalue weighted by molar-refractivity contribution is 8.15. The van der Waals surface area contributed by atoms with Gasteiger partial charge in [0, 0.05) is 31.1 Å². The van der Waals surface area contributed by atoms with E-state index >= 15 is 38.4 Å². The molecule has 11 N–H and O–H groups in total. The fraction of sp³-hybridized carbons (Fsp3) is 0.596. The first-order chi connectivity index (χ1) is 59.5. The number of fused-ring (bicyclic) bond motifs is 6. The van der Waals surface area contributed by atoms with Crippen LogP contribution >= 0.6 is 12.1 Å². The molecule has 0 aromatic heterocycles. The van der Waals surface area contributed by atoms with E-state index in [0.29, 0.717) is 0 Å². The van der Waals surface area contributed by atoms with E-state index in [1.54, 1.807) is 13.8 Å². The highest BCUT2D eigenvalue weighted by Crippen LogP contribution is 2.65. The molecule has 4 saturated carbocycles. The third kappa shape index (κ3) is 23.4. The topological polar surface area (TPSA) is 398 Å². The van der Waals surface area contributed by atoms with Crippen molar-refractivity contribution in [2.24, 2.45) is 11.7 Å². The summed E-state index contributed by atoms with van der Waals surface area (Å²) in [7, 11) is 0. The van der Waals surface area contributed by atoms with Gasteiger partial charge in [0.25, 0.3) is 11.8 Å². The largest absolute Gasteiger partial charge is 0.448 e. The molecule has 0 bridgehead atoms. The van der Waals surface area contributed by atoms with Crippen LogP contribution in [0.2, 0.25) is 0 Å². The maximum Gasteiger partial charge on any atom is 0.417 e. The molecule has 0 radical (unpaired) electrons. The van der Waals surface area contributed by atoms with Gasteiger partial charge in [0.05, 0.1) is 0 Å². The zero-order valence-corrected chi connectivity index (χ0v) is 79.0. The summed E-state index contributed by atoms with van der Waals surface area (Å²) in [5.74, 6) is -12.3. The first kappa shape index (κ1) is 98.9. The molecule has 8 atom stereocenters. The van der Waals surface area contributed by atoms with Gasteiger partial charge >= 0.3 is 12.2 Å². The van der Waals surface area contributed by atoms with Crippen LogP contribution in [-0.2, 0) is 90.6 Å². The molecular formula is C94H132N12O16P2S2. The summed E-state index contributed by atoms with van der Waals surface area (Å²) in [6, 6.07) is 13.0. The maximum absolute atomic E-state index is 16.5. The molecule has 10 rings (SSSR count). The first-order valence-electron chi connectivity index (χ1n) is 45.1. The van der Waals surface area contributed by atoms with Gasteiger partial charge in [0.15, 0.2) is 0 Å². The number of carbonyl (C=O) groups is 14. The van der Waals surface area contributed by atoms with Crippen molar-refractivity contribution < 1.29 is 76.6 Å². The number of carbonyl (C=O) groups excluding carboxylic acids is 14. The van der Waals surface area contributed by atoms with Gasteiger partial charge in [0.2, 0.25) is 59.1 Å². The summed E-state index contributed by atoms with van der Waals surface area (Å²) in [5.41, 5.74) is 6.72. The molecular weight excluding hydrogens is 1680 g/mol. The molecule has 0 unspecified atom stereocenters. The molecule has 0 heterocycles. The third-order valence-corrected chi connectivity index (χ3v) is 39.8. The summed E-state index contributed by atoms with van der Waals surface area (Å²) in [6.07, 6.45) is 14.0. The van der Waals surface area contributed by atoms with Crippen molar-refractivity contribution in [2.75, 3.05) is 25.5 Å². The van der Waals surface area contributed by atoms with Crippen molar-refractivity contribution in [3.8, 4) is 22.3 Å². The number of hydrogen-bond donors (Lipinski definition) is 10. The van der Waals surface area contributed by atoms with Gasteiger partial charge in [-0.2, -0.15) is 0 Å². The normalized spacial score (nSPS) is 18.1. The second-order valence-electron chi connectivity index (χ2n) is 37.5. The number of nitrogens with zero attached hydrogens (tertiary/aromatic N) is 2. The zero-order chi connectivity index (χ0) is 92.1. The van der Waals surface area contributed by atoms with Gasteiger partial charge < -0.3 is 63.1 Å². The molecule has 32 heteroatoms. The lowest BCUT2D eigenvalue weighted by Gasteiger charge is -2.45. The zero-order valence-electron chi connectivity index (χ0n) is 75.6. The van der Waals surface area contributed by atoms with Crippen LogP contribution in [-0.4, -0.2) is 206 Å². The molecule has 4 aromatic carbocycles. The maximum atomic E-state index is 16.5. The monoisotopic (exact) mass is 1810 g/mol. The Morgan fingerprint density at radius 3 is 1.03 bits per heavy atom. The molecule has 28 nitrogen and oxygen atoms in total. The van der Waals surface area contributed by atoms with E-state index in [1.807, 2.05) is 97.1 Å². The van der Waals surface area contributed by atoms with Crippen LogP contribution in [0.25, 0.3) is 22.3 Å². The van der Waals surface area contributed by atoms with Crippen LogP contribution in [0.15, 0.2) is 97.1 Å². The molecule has 6 aliphatic rings. The molecule has 686 valence electrons. The molecule has 14 amide bonds. The first-order valence-corrected chi connectivity index (χ1v) is 51.4. The lowest BCUT2D eigenvalue weighted by molar-refractivity contribution is -0.145. The summed E-state index contributed by atoms with van der Waals surface area (Å²) >= 11 is 14.2. The number of amides is 14. The lowest BCUT2D eigenvalue weighted by atomic mass is 9.98. The molecule has 0 saturated heterocycles. The lowest BCUT2D eigenvalue weighted by Crippen LogP contribution is -2.66. The number of ether oxygens (including phenoxy) is 2. The second kappa shape index (κ2) is 42.8. The third-order valence-electron chi connectivity index (χ3n) is 26.5. The van der Waals surface area contributed by atoms with Crippen LogP contribution in [0.3, 0.4) is 0 Å². The smallest absolute Gasteiger partial charge is 0.417 e. The highest BCUT2D eigenvalue weighted by Gasteiger charge is 2.52. The summed E-state index contributed by atoms with van der Waals surface area (Å²) < 4.78 is 12.8. The fourth-order valence-corrected chi connectivity index (χ4v) is 31.6. The minimum Gasteiger partial charge on any atom is -0.448 e. The minimum atomic E-state index is -2.90. The number of rotatable bonds is 35. The van der Waals surface area contributed by atoms with E-state index in [-0.39, 0.29) is 48.2 Å². The highest BCUT2D eigenvalue weighted by atomic mass is 32.4. The summed E-state index contributed by atoms with van der Waals surface area (Å²) in [4.78, 5) is 209. The Morgan fingerprint density at radius 1 is 0.389 bits per heavy atom. The van der Waals surface area contributed by atoms with Gasteiger partial charge in [-0.05, 0) is 213 Å². The van der Waals surface area contributed by atoms with Crippen molar-refractivity contribution in [2.45, 2.75) is 325 Å². The second-order valence-corrected chi connectivity index (χ2v) is 48.7. The van der Waals surface area contributed by atoms with Crippen molar-refractivity contribution in [3.05, 3.63) is 119 Å². The van der Waals surface area contributed by atoms with E-state index < -0.39 is 178 Å². The van der Waals surface area contributed by atoms with E-state index in [4.69, 9.17) is 38.8 Å². The van der Waals surface area contributed by atoms with Crippen LogP contribution in [0, 0.1) is 5.92 Å². The van der Waals surface area contributed by atoms with Gasteiger partial charge in [0.1, 0.15) is 78.2 Å². The number of hydrogen-bond acceptors (Lipinski definition) is 18. The van der Waals surface area contributed by atoms with Crippen molar-refractivity contribution in [3.63, 3.8) is 0 Å². The molecule has 4 fully saturated rings. The minimum absolute atomic E-state index is 0.0512. The Kier molecular flexibility index (Phi) is 33.6. The van der Waals surface area contributed by atoms with Crippen LogP contribution in [0.1, 0.15) is 259 Å². The average molecular weight is 1810 g/mol. The Balaban J connectivity index is 0.992. The predicted molar refractivity (Wildman–Crippen MR) is 494 cm³/mol. The molecule has 4 aromatic rings. The molecule has 126 heavy (non-hydrogen) atoms. The van der Waals surface area contributed by atoms with E-state index in [1.165, 1.54) is 83.1 Å². The van der Waals surface area contributed by atoms with E-state index in [9.17, 15) is 28.8 Å². The van der Waals surface area contributed by atoms with Gasteiger partial charge in [-0.25, -0.2) is 19.4 Å². The van der Waals surface area contributed by atoms with Crippen LogP contribution in [0.5, 0.6) is 0 Å². The Morgan fingerprint density at radius 2 is 0.690 bits per heavy atom. The standard InChI is InChI=1S/C94H132N12O16P2S2/c1-55(2)78(101-84(113)76(53-123(125,62-35-19-15-20-36-62)63-37-21-16-22-38-63)105(86(115)60(7)100-88(117)93(11,12)102-80(109)57(4)96-61(8)107)90(119)121-51-74-70-47-31-27-43-66(70)67-44-28-32-48-71(67)74)85(114)98-59(6)82(111)104-94(13,14)89(118)106(91(120)122-52-75-72-49-33-29-45-68(72)69-46-30-34-50-73(69)75)77(54-124(126,64-39-23-17-24-40-64)65-41-25-18-26-42-65)83(112)97-58(5)81(110)103-92(9,10)87(116)99-56(3)79(95)108/h27-34,43-50,55-60,62-65,74-78H,15-26,35-42,51-54H2,1-14H3,(H2,95,108)(H,96,107)(H,97,112)(H,98,114)(H,99,116)(H,100,117)(H,101,113)(H,102,109)(H,103,110)(H,104,111)/t56-,57-,58-,59-,60-,76-,77-,78-/m0/s1. The summed E-state index contributed by atoms with van der Waals surface area (Å²) in [6.45, 7) is 19.1. The van der Waals surface area contributed by atoms with E-state index in [0.717, 1.165) is 183 Å². The number of imide groups is 2. The SMILES string of the molecule is CC(=O)N[C@@H](C)C(=O)NC(C)(C)C(=O)N[C@@H](C)C(=O)N(C(=O)OCC1c2ccccc2-c2ccccc21)[C@@H](CP(=S)(C1CCCCC1)C1CCCCC1)C(=O)N[C@H](C(=O)N[C@@H](C)C(=O)NC(C)(C)C(=O)N(C(=O)OCC1c2ccccc2-c2ccccc21)[C@@H](CP(=S)(C1CCCCC1)C1CCCCC1)C(=O)N[C@@H](C)C(=O)NC(C)(C)C(=O)N[C@@H](C)C(N)=O)C(C)C. The summed E-state index contributed by atoms with van der Waals surface area (Å²) in [5, 5.41) is 24.2. The Bertz CT molecular complexity index is 4690. The van der Waals surface area contributed by atoms with Crippen molar-refractivity contribution in [1.82, 2.24) is 57.7 Å². The Labute approximate surface area is 752 Å². The number of benzene rings is 4. The van der Waals surface area contributed by atoms with Gasteiger partial charge in [-0.1, -0.05) is 212 Å². The number of primary amides is 1. The number of nitrogens with two attached hydrogens (primary N) is 1. The van der Waals surface area contributed by atoms with Crippen molar-refractivity contribution >= 4 is 119 Å². The van der Waals surface area contributed by atoms with Gasteiger partial charge in [-0.3, -0.25) is 57.5 Å². The predicted octanol–water partition coefficient (Wildman–Crippen LogP) is 11.4.